The van der Waals surface area contributed by atoms with E-state index in [1.165, 1.54) is 6.92 Å². The number of nitrogens with one attached hydrogen (secondary N) is 1. The van der Waals surface area contributed by atoms with Crippen LogP contribution in [0.1, 0.15) is 28.4 Å². The van der Waals surface area contributed by atoms with Crippen molar-refractivity contribution >= 4 is 17.3 Å². The van der Waals surface area contributed by atoms with E-state index in [4.69, 9.17) is 0 Å². The SMILES string of the molecule is CC(=O)Cc1cccc2c1C(=O)c1c(-c3ccc(N(C)C)cc3)n[nH]c1-2. The van der Waals surface area contributed by atoms with Gasteiger partial charge in [-0.05, 0) is 24.6 Å². The molecule has 0 aliphatic heterocycles. The van der Waals surface area contributed by atoms with Gasteiger partial charge in [0.05, 0.1) is 11.3 Å². The highest BCUT2D eigenvalue weighted by Gasteiger charge is 2.34. The highest BCUT2D eigenvalue weighted by molar-refractivity contribution is 6.24. The lowest BCUT2D eigenvalue weighted by molar-refractivity contribution is -0.116. The van der Waals surface area contributed by atoms with Crippen LogP contribution in [0, 0.1) is 0 Å². The molecule has 130 valence electrons. The Hall–Kier alpha value is -3.21. The van der Waals surface area contributed by atoms with E-state index in [1.54, 1.807) is 0 Å². The Balaban J connectivity index is 1.81. The van der Waals surface area contributed by atoms with Crippen molar-refractivity contribution in [2.45, 2.75) is 13.3 Å². The molecule has 5 heteroatoms. The number of rotatable bonds is 4. The first kappa shape index (κ1) is 16.3. The lowest BCUT2D eigenvalue weighted by Gasteiger charge is -2.12. The molecule has 0 saturated heterocycles. The Morgan fingerprint density at radius 3 is 2.46 bits per heavy atom. The monoisotopic (exact) mass is 345 g/mol. The van der Waals surface area contributed by atoms with Crippen LogP contribution in [-0.4, -0.2) is 35.9 Å². The van der Waals surface area contributed by atoms with Gasteiger partial charge in [0.15, 0.2) is 5.78 Å². The van der Waals surface area contributed by atoms with E-state index >= 15 is 0 Å². The molecule has 1 aliphatic carbocycles. The number of hydrogen-bond donors (Lipinski definition) is 1. The number of ketones is 2. The molecule has 4 rings (SSSR count). The molecule has 0 fully saturated rings. The number of nitrogens with zero attached hydrogens (tertiary/aromatic N) is 2. The number of aromatic amines is 1. The molecule has 1 heterocycles. The molecule has 0 radical (unpaired) electrons. The summed E-state index contributed by atoms with van der Waals surface area (Å²) >= 11 is 0. The van der Waals surface area contributed by atoms with Gasteiger partial charge in [0.2, 0.25) is 0 Å². The van der Waals surface area contributed by atoms with E-state index in [9.17, 15) is 9.59 Å². The quantitative estimate of drug-likeness (QED) is 0.615. The molecular formula is C21H19N3O2. The van der Waals surface area contributed by atoms with E-state index < -0.39 is 0 Å². The molecule has 26 heavy (non-hydrogen) atoms. The molecule has 0 bridgehead atoms. The van der Waals surface area contributed by atoms with Gasteiger partial charge in [0.25, 0.3) is 0 Å². The second kappa shape index (κ2) is 5.95. The average molecular weight is 345 g/mol. The molecule has 0 spiro atoms. The summed E-state index contributed by atoms with van der Waals surface area (Å²) < 4.78 is 0. The van der Waals surface area contributed by atoms with Crippen LogP contribution in [0.5, 0.6) is 0 Å². The summed E-state index contributed by atoms with van der Waals surface area (Å²) in [6.07, 6.45) is 0.263. The predicted octanol–water partition coefficient (Wildman–Crippen LogP) is 3.49. The van der Waals surface area contributed by atoms with Gasteiger partial charge in [-0.1, -0.05) is 30.3 Å². The van der Waals surface area contributed by atoms with E-state index in [0.29, 0.717) is 16.8 Å². The minimum Gasteiger partial charge on any atom is -0.378 e. The van der Waals surface area contributed by atoms with Crippen molar-refractivity contribution in [2.75, 3.05) is 19.0 Å². The fourth-order valence-corrected chi connectivity index (χ4v) is 3.50. The highest BCUT2D eigenvalue weighted by atomic mass is 16.1. The van der Waals surface area contributed by atoms with Crippen LogP contribution >= 0.6 is 0 Å². The molecule has 1 aliphatic rings. The number of anilines is 1. The lowest BCUT2D eigenvalue weighted by atomic mass is 9.97. The number of carbonyl (C=O) groups is 2. The van der Waals surface area contributed by atoms with Crippen molar-refractivity contribution in [1.82, 2.24) is 10.2 Å². The minimum atomic E-state index is -0.0627. The number of aromatic nitrogens is 2. The van der Waals surface area contributed by atoms with Gasteiger partial charge in [0.1, 0.15) is 11.5 Å². The average Bonchev–Trinajstić information content (AvgIpc) is 3.16. The predicted molar refractivity (Wildman–Crippen MR) is 102 cm³/mol. The smallest absolute Gasteiger partial charge is 0.198 e. The van der Waals surface area contributed by atoms with Crippen LogP contribution in [0.15, 0.2) is 42.5 Å². The topological polar surface area (TPSA) is 66.1 Å². The van der Waals surface area contributed by atoms with E-state index in [2.05, 4.69) is 10.2 Å². The molecule has 0 atom stereocenters. The van der Waals surface area contributed by atoms with Crippen LogP contribution in [-0.2, 0) is 11.2 Å². The third kappa shape index (κ3) is 2.44. The van der Waals surface area contributed by atoms with Crippen LogP contribution < -0.4 is 4.90 Å². The number of Topliss-reactive ketones (excluding diaryl/α,β-unsaturated/α-hetero) is 1. The maximum Gasteiger partial charge on any atom is 0.198 e. The van der Waals surface area contributed by atoms with Crippen molar-refractivity contribution in [3.05, 3.63) is 59.2 Å². The Kier molecular flexibility index (Phi) is 3.72. The summed E-state index contributed by atoms with van der Waals surface area (Å²) in [5, 5.41) is 7.42. The molecule has 0 amide bonds. The summed E-state index contributed by atoms with van der Waals surface area (Å²) in [6, 6.07) is 13.6. The minimum absolute atomic E-state index is 0.0411. The summed E-state index contributed by atoms with van der Waals surface area (Å²) in [5.74, 6) is -0.0216. The first-order valence-corrected chi connectivity index (χ1v) is 8.50. The van der Waals surface area contributed by atoms with E-state index in [1.807, 2.05) is 61.5 Å². The Labute approximate surface area is 151 Å². The molecule has 0 saturated carbocycles. The maximum absolute atomic E-state index is 13.1. The van der Waals surface area contributed by atoms with E-state index in [-0.39, 0.29) is 18.0 Å². The normalized spacial score (nSPS) is 12.0. The summed E-state index contributed by atoms with van der Waals surface area (Å²) in [6.45, 7) is 1.54. The van der Waals surface area contributed by atoms with Crippen LogP contribution in [0.2, 0.25) is 0 Å². The molecule has 0 unspecified atom stereocenters. The van der Waals surface area contributed by atoms with Crippen LogP contribution in [0.3, 0.4) is 0 Å². The van der Waals surface area contributed by atoms with Gasteiger partial charge in [-0.2, -0.15) is 5.10 Å². The van der Waals surface area contributed by atoms with Crippen molar-refractivity contribution in [3.63, 3.8) is 0 Å². The van der Waals surface area contributed by atoms with Gasteiger partial charge in [-0.3, -0.25) is 14.7 Å². The van der Waals surface area contributed by atoms with E-state index in [0.717, 1.165) is 28.1 Å². The summed E-state index contributed by atoms with van der Waals surface area (Å²) in [4.78, 5) is 26.7. The number of H-pyrrole nitrogens is 1. The highest BCUT2D eigenvalue weighted by Crippen LogP contribution is 2.41. The third-order valence-corrected chi connectivity index (χ3v) is 4.74. The van der Waals surface area contributed by atoms with Gasteiger partial charge in [0, 0.05) is 42.9 Å². The van der Waals surface area contributed by atoms with Gasteiger partial charge < -0.3 is 4.90 Å². The fraction of sp³-hybridized carbons (Fsp3) is 0.190. The maximum atomic E-state index is 13.1. The second-order valence-corrected chi connectivity index (χ2v) is 6.81. The zero-order valence-electron chi connectivity index (χ0n) is 15.0. The lowest BCUT2D eigenvalue weighted by Crippen LogP contribution is -2.08. The van der Waals surface area contributed by atoms with Crippen LogP contribution in [0.25, 0.3) is 22.5 Å². The molecule has 1 N–H and O–H groups in total. The molecule has 1 aromatic heterocycles. The van der Waals surface area contributed by atoms with Crippen molar-refractivity contribution in [3.8, 4) is 22.5 Å². The Morgan fingerprint density at radius 1 is 1.08 bits per heavy atom. The van der Waals surface area contributed by atoms with Gasteiger partial charge in [-0.15, -0.1) is 0 Å². The van der Waals surface area contributed by atoms with Gasteiger partial charge in [-0.25, -0.2) is 0 Å². The standard InChI is InChI=1S/C21H19N3O2/c1-12(25)11-14-5-4-6-16-17(14)21(26)18-19(22-23-20(16)18)13-7-9-15(10-8-13)24(2)3/h4-10H,11H2,1-3H3,(H,22,23). The summed E-state index contributed by atoms with van der Waals surface area (Å²) in [5.41, 5.74) is 6.18. The Bertz CT molecular complexity index is 1030. The third-order valence-electron chi connectivity index (χ3n) is 4.74. The number of benzene rings is 2. The number of hydrogen-bond acceptors (Lipinski definition) is 4. The van der Waals surface area contributed by atoms with Crippen molar-refractivity contribution in [2.24, 2.45) is 0 Å². The zero-order valence-corrected chi connectivity index (χ0v) is 15.0. The number of carbonyl (C=O) groups excluding carboxylic acids is 2. The van der Waals surface area contributed by atoms with Crippen LogP contribution in [0.4, 0.5) is 5.69 Å². The molecular weight excluding hydrogens is 326 g/mol. The van der Waals surface area contributed by atoms with Gasteiger partial charge >= 0.3 is 0 Å². The fourth-order valence-electron chi connectivity index (χ4n) is 3.50. The van der Waals surface area contributed by atoms with Crippen molar-refractivity contribution in [1.29, 1.82) is 0 Å². The molecule has 3 aromatic rings. The zero-order chi connectivity index (χ0) is 18.4. The first-order chi connectivity index (χ1) is 12.5. The van der Waals surface area contributed by atoms with Crippen molar-refractivity contribution < 1.29 is 9.59 Å². The largest absolute Gasteiger partial charge is 0.378 e. The summed E-state index contributed by atoms with van der Waals surface area (Å²) in [7, 11) is 3.97. The molecule has 2 aromatic carbocycles. The Morgan fingerprint density at radius 2 is 1.81 bits per heavy atom. The second-order valence-electron chi connectivity index (χ2n) is 6.81. The first-order valence-electron chi connectivity index (χ1n) is 8.50. The molecule has 5 nitrogen and oxygen atoms in total. The number of fused-ring (bicyclic) bond motifs is 3.